The lowest BCUT2D eigenvalue weighted by atomic mass is 9.72. The summed E-state index contributed by atoms with van der Waals surface area (Å²) in [7, 11) is 0. The lowest BCUT2D eigenvalue weighted by Gasteiger charge is -2.33. The van der Waals surface area contributed by atoms with E-state index < -0.39 is 0 Å². The summed E-state index contributed by atoms with van der Waals surface area (Å²) < 4.78 is 6.60. The molecule has 0 radical (unpaired) electrons. The number of ether oxygens (including phenoxy) is 1. The van der Waals surface area contributed by atoms with Crippen molar-refractivity contribution in [1.82, 2.24) is 10.9 Å². The van der Waals surface area contributed by atoms with Crippen LogP contribution in [0.5, 0.6) is 5.75 Å². The zero-order chi connectivity index (χ0) is 20.9. The Bertz CT molecular complexity index is 820. The van der Waals surface area contributed by atoms with E-state index in [4.69, 9.17) is 4.74 Å². The lowest BCUT2D eigenvalue weighted by molar-refractivity contribution is -0.123. The molecule has 0 atom stereocenters. The molecule has 1 heterocycles. The number of benzene rings is 1. The van der Waals surface area contributed by atoms with E-state index >= 15 is 0 Å². The second-order valence-electron chi connectivity index (χ2n) is 8.69. The third-order valence-corrected chi connectivity index (χ3v) is 5.88. The minimum absolute atomic E-state index is 0.0703. The Balaban J connectivity index is 1.82. The van der Waals surface area contributed by atoms with Crippen LogP contribution in [0.4, 0.5) is 0 Å². The molecule has 28 heavy (non-hydrogen) atoms. The molecule has 0 aliphatic rings. The second kappa shape index (κ2) is 9.14. The number of hydrazine groups is 1. The van der Waals surface area contributed by atoms with Gasteiger partial charge in [-0.2, -0.15) is 0 Å². The van der Waals surface area contributed by atoms with E-state index in [-0.39, 0.29) is 23.3 Å². The Hall–Kier alpha value is -1.79. The molecule has 1 aromatic heterocycles. The highest BCUT2D eigenvalue weighted by Gasteiger charge is 2.27. The van der Waals surface area contributed by atoms with Gasteiger partial charge in [0.1, 0.15) is 5.75 Å². The smallest absolute Gasteiger partial charge is 0.276 e. The number of halogens is 1. The van der Waals surface area contributed by atoms with Gasteiger partial charge in [0.25, 0.3) is 5.91 Å². The highest BCUT2D eigenvalue weighted by atomic mass is 79.9. The van der Waals surface area contributed by atoms with Gasteiger partial charge in [-0.05, 0) is 63.0 Å². The third kappa shape index (κ3) is 6.99. The van der Waals surface area contributed by atoms with Gasteiger partial charge in [-0.3, -0.25) is 15.6 Å². The fourth-order valence-corrected chi connectivity index (χ4v) is 4.61. The molecule has 0 spiro atoms. The molecule has 152 valence electrons. The zero-order valence-electron chi connectivity index (χ0n) is 17.2. The van der Waals surface area contributed by atoms with Gasteiger partial charge in [0.15, 0.2) is 6.61 Å². The number of hydrogen-bond donors (Lipinski definition) is 2. The number of thiophene rings is 1. The van der Waals surface area contributed by atoms with Crippen LogP contribution in [0.25, 0.3) is 5.70 Å². The normalized spacial score (nSPS) is 11.8. The number of carbonyl (C=O) groups is 1. The van der Waals surface area contributed by atoms with Crippen molar-refractivity contribution in [2.75, 3.05) is 6.61 Å². The Morgan fingerprint density at radius 3 is 2.25 bits per heavy atom. The van der Waals surface area contributed by atoms with Gasteiger partial charge in [0.2, 0.25) is 0 Å². The average Bonchev–Trinajstić information content (AvgIpc) is 3.02. The van der Waals surface area contributed by atoms with Crippen LogP contribution in [-0.2, 0) is 10.2 Å². The molecule has 2 N–H and O–H groups in total. The first-order valence-electron chi connectivity index (χ1n) is 9.19. The SMILES string of the molecule is C=C(NNC(=O)COc1ccc(C(C)(C)CC(C)(C)C)cc1)c1ccc(Br)s1. The Kier molecular flexibility index (Phi) is 7.34. The number of rotatable bonds is 8. The summed E-state index contributed by atoms with van der Waals surface area (Å²) in [6.07, 6.45) is 1.08. The minimum Gasteiger partial charge on any atom is -0.484 e. The van der Waals surface area contributed by atoms with Crippen molar-refractivity contribution in [3.63, 3.8) is 0 Å². The van der Waals surface area contributed by atoms with E-state index in [1.165, 1.54) is 16.9 Å². The van der Waals surface area contributed by atoms with E-state index in [1.807, 2.05) is 24.3 Å². The van der Waals surface area contributed by atoms with E-state index in [0.29, 0.717) is 11.4 Å². The van der Waals surface area contributed by atoms with E-state index in [1.54, 1.807) is 0 Å². The molecular weight excluding hydrogens is 436 g/mol. The van der Waals surface area contributed by atoms with Crippen LogP contribution >= 0.6 is 27.3 Å². The highest BCUT2D eigenvalue weighted by molar-refractivity contribution is 9.11. The molecule has 0 fully saturated rings. The molecule has 0 saturated heterocycles. The van der Waals surface area contributed by atoms with Crippen molar-refractivity contribution < 1.29 is 9.53 Å². The molecule has 0 aliphatic carbocycles. The highest BCUT2D eigenvalue weighted by Crippen LogP contribution is 2.36. The molecule has 2 rings (SSSR count). The maximum Gasteiger partial charge on any atom is 0.276 e. The monoisotopic (exact) mass is 464 g/mol. The molecule has 2 aromatic rings. The molecule has 0 aliphatic heterocycles. The molecule has 0 bridgehead atoms. The van der Waals surface area contributed by atoms with Crippen LogP contribution in [0.1, 0.15) is 51.5 Å². The van der Waals surface area contributed by atoms with Crippen molar-refractivity contribution >= 4 is 38.9 Å². The standard InChI is InChI=1S/C22H29BrN2O2S/c1-15(18-11-12-19(23)28-18)24-25-20(26)13-27-17-9-7-16(8-10-17)22(5,6)14-21(2,3)4/h7-12,24H,1,13-14H2,2-6H3,(H,25,26). The number of amides is 1. The minimum atomic E-state index is -0.270. The van der Waals surface area contributed by atoms with E-state index in [9.17, 15) is 4.79 Å². The van der Waals surface area contributed by atoms with Crippen LogP contribution in [0.2, 0.25) is 0 Å². The summed E-state index contributed by atoms with van der Waals surface area (Å²) in [6.45, 7) is 15.1. The van der Waals surface area contributed by atoms with Gasteiger partial charge in [-0.1, -0.05) is 53.3 Å². The zero-order valence-corrected chi connectivity index (χ0v) is 19.6. The molecule has 1 amide bonds. The fourth-order valence-electron chi connectivity index (χ4n) is 3.30. The molecule has 0 saturated carbocycles. The Labute approximate surface area is 180 Å². The second-order valence-corrected chi connectivity index (χ2v) is 11.2. The van der Waals surface area contributed by atoms with Gasteiger partial charge in [-0.25, -0.2) is 0 Å². The van der Waals surface area contributed by atoms with Crippen LogP contribution in [0.15, 0.2) is 46.8 Å². The molecule has 0 unspecified atom stereocenters. The van der Waals surface area contributed by atoms with E-state index in [0.717, 1.165) is 15.1 Å². The van der Waals surface area contributed by atoms with Crippen molar-refractivity contribution in [3.05, 3.63) is 57.2 Å². The predicted molar refractivity (Wildman–Crippen MR) is 121 cm³/mol. The molecule has 6 heteroatoms. The quantitative estimate of drug-likeness (QED) is 0.478. The van der Waals surface area contributed by atoms with Gasteiger partial charge in [-0.15, -0.1) is 11.3 Å². The first-order valence-corrected chi connectivity index (χ1v) is 10.8. The Morgan fingerprint density at radius 2 is 1.71 bits per heavy atom. The third-order valence-electron chi connectivity index (χ3n) is 4.20. The van der Waals surface area contributed by atoms with Crippen molar-refractivity contribution in [2.45, 2.75) is 46.5 Å². The van der Waals surface area contributed by atoms with E-state index in [2.05, 4.69) is 80.1 Å². The van der Waals surface area contributed by atoms with Gasteiger partial charge >= 0.3 is 0 Å². The first kappa shape index (κ1) is 22.5. The summed E-state index contributed by atoms with van der Waals surface area (Å²) in [6, 6.07) is 11.9. The van der Waals surface area contributed by atoms with Crippen molar-refractivity contribution in [1.29, 1.82) is 0 Å². The summed E-state index contributed by atoms with van der Waals surface area (Å²) in [5.74, 6) is 0.403. The van der Waals surface area contributed by atoms with Gasteiger partial charge < -0.3 is 4.74 Å². The summed E-state index contributed by atoms with van der Waals surface area (Å²) in [4.78, 5) is 12.9. The van der Waals surface area contributed by atoms with Gasteiger partial charge in [0.05, 0.1) is 14.4 Å². The number of hydrogen-bond acceptors (Lipinski definition) is 4. The summed E-state index contributed by atoms with van der Waals surface area (Å²) in [5.41, 5.74) is 7.65. The molecule has 4 nitrogen and oxygen atoms in total. The van der Waals surface area contributed by atoms with Crippen molar-refractivity contribution in [3.8, 4) is 5.75 Å². The average molecular weight is 465 g/mol. The van der Waals surface area contributed by atoms with Crippen LogP contribution in [-0.4, -0.2) is 12.5 Å². The van der Waals surface area contributed by atoms with Crippen molar-refractivity contribution in [2.24, 2.45) is 5.41 Å². The van der Waals surface area contributed by atoms with Gasteiger partial charge in [0, 0.05) is 0 Å². The summed E-state index contributed by atoms with van der Waals surface area (Å²) in [5, 5.41) is 0. The van der Waals surface area contributed by atoms with Crippen LogP contribution < -0.4 is 15.6 Å². The largest absolute Gasteiger partial charge is 0.484 e. The topological polar surface area (TPSA) is 50.4 Å². The predicted octanol–water partition coefficient (Wildman–Crippen LogP) is 5.89. The Morgan fingerprint density at radius 1 is 1.07 bits per heavy atom. The van der Waals surface area contributed by atoms with Crippen LogP contribution in [0.3, 0.4) is 0 Å². The first-order chi connectivity index (χ1) is 13.0. The maximum absolute atomic E-state index is 12.0. The maximum atomic E-state index is 12.0. The number of carbonyl (C=O) groups excluding carboxylic acids is 1. The lowest BCUT2D eigenvalue weighted by Crippen LogP contribution is -2.38. The summed E-state index contributed by atoms with van der Waals surface area (Å²) >= 11 is 4.94. The molecule has 1 aromatic carbocycles. The van der Waals surface area contributed by atoms with Crippen LogP contribution in [0, 0.1) is 5.41 Å². The molecular formula is C22H29BrN2O2S. The number of nitrogens with one attached hydrogen (secondary N) is 2. The fraction of sp³-hybridized carbons (Fsp3) is 0.409.